The summed E-state index contributed by atoms with van der Waals surface area (Å²) in [6.07, 6.45) is 9.35. The Labute approximate surface area is 129 Å². The fourth-order valence-corrected chi connectivity index (χ4v) is 5.42. The Hall–Kier alpha value is -0.570. The van der Waals surface area contributed by atoms with Gasteiger partial charge in [-0.15, -0.1) is 0 Å². The molecule has 4 unspecified atom stereocenters. The molecule has 1 aliphatic carbocycles. The maximum Gasteiger partial charge on any atom is 0.220 e. The van der Waals surface area contributed by atoms with Crippen molar-refractivity contribution >= 4 is 5.91 Å². The molecule has 1 amide bonds. The molecule has 2 bridgehead atoms. The normalized spacial score (nSPS) is 41.8. The lowest BCUT2D eigenvalue weighted by Gasteiger charge is -2.39. The molecule has 3 fully saturated rings. The molecular weight excluding hydrogens is 260 g/mol. The SMILES string of the molecule is CC1CC(CC(=O)NC2CC3CCC(C2)N3)CC(C)(C)C1. The zero-order chi connectivity index (χ0) is 15.0. The lowest BCUT2D eigenvalue weighted by Crippen LogP contribution is -2.48. The Morgan fingerprint density at radius 1 is 1.14 bits per heavy atom. The van der Waals surface area contributed by atoms with E-state index >= 15 is 0 Å². The fourth-order valence-electron chi connectivity index (χ4n) is 5.42. The Bertz CT molecular complexity index is 381. The summed E-state index contributed by atoms with van der Waals surface area (Å²) in [4.78, 5) is 12.4. The monoisotopic (exact) mass is 292 g/mol. The zero-order valence-corrected chi connectivity index (χ0v) is 14.0. The van der Waals surface area contributed by atoms with Gasteiger partial charge in [0.2, 0.25) is 5.91 Å². The molecule has 2 saturated heterocycles. The molecule has 3 rings (SSSR count). The Morgan fingerprint density at radius 2 is 1.81 bits per heavy atom. The lowest BCUT2D eigenvalue weighted by molar-refractivity contribution is -0.123. The number of piperidine rings is 1. The van der Waals surface area contributed by atoms with Crippen LogP contribution < -0.4 is 10.6 Å². The molecule has 2 aliphatic heterocycles. The summed E-state index contributed by atoms with van der Waals surface area (Å²) in [5, 5.41) is 6.97. The molecule has 3 nitrogen and oxygen atoms in total. The molecule has 0 radical (unpaired) electrons. The highest BCUT2D eigenvalue weighted by atomic mass is 16.1. The first-order valence-electron chi connectivity index (χ1n) is 8.95. The van der Waals surface area contributed by atoms with Crippen LogP contribution in [0.4, 0.5) is 0 Å². The molecule has 0 spiro atoms. The summed E-state index contributed by atoms with van der Waals surface area (Å²) in [6, 6.07) is 1.73. The number of hydrogen-bond acceptors (Lipinski definition) is 2. The van der Waals surface area contributed by atoms with Gasteiger partial charge in [0.1, 0.15) is 0 Å². The maximum absolute atomic E-state index is 12.4. The number of rotatable bonds is 3. The van der Waals surface area contributed by atoms with Gasteiger partial charge in [-0.05, 0) is 62.2 Å². The first kappa shape index (κ1) is 15.3. The van der Waals surface area contributed by atoms with E-state index in [1.54, 1.807) is 0 Å². The van der Waals surface area contributed by atoms with E-state index in [1.807, 2.05) is 0 Å². The van der Waals surface area contributed by atoms with Crippen molar-refractivity contribution in [3.8, 4) is 0 Å². The summed E-state index contributed by atoms with van der Waals surface area (Å²) in [6.45, 7) is 7.06. The second-order valence-electron chi connectivity index (χ2n) is 8.86. The average Bonchev–Trinajstić information content (AvgIpc) is 2.65. The van der Waals surface area contributed by atoms with Crippen LogP contribution in [-0.4, -0.2) is 24.0 Å². The highest BCUT2D eigenvalue weighted by Crippen LogP contribution is 2.42. The van der Waals surface area contributed by atoms with Crippen molar-refractivity contribution in [2.75, 3.05) is 0 Å². The summed E-state index contributed by atoms with van der Waals surface area (Å²) < 4.78 is 0. The van der Waals surface area contributed by atoms with E-state index in [1.165, 1.54) is 32.1 Å². The molecule has 0 aromatic heterocycles. The third-order valence-corrected chi connectivity index (χ3v) is 5.79. The molecule has 2 heterocycles. The third-order valence-electron chi connectivity index (χ3n) is 5.79. The van der Waals surface area contributed by atoms with Crippen LogP contribution in [0.15, 0.2) is 0 Å². The van der Waals surface area contributed by atoms with Gasteiger partial charge in [-0.3, -0.25) is 4.79 Å². The molecule has 0 aromatic carbocycles. The van der Waals surface area contributed by atoms with Crippen molar-refractivity contribution in [1.82, 2.24) is 10.6 Å². The van der Waals surface area contributed by atoms with Crippen molar-refractivity contribution in [2.45, 2.75) is 90.3 Å². The van der Waals surface area contributed by atoms with Gasteiger partial charge in [0.05, 0.1) is 0 Å². The number of hydrogen-bond donors (Lipinski definition) is 2. The first-order chi connectivity index (χ1) is 9.89. The highest BCUT2D eigenvalue weighted by Gasteiger charge is 2.36. The smallest absolute Gasteiger partial charge is 0.220 e. The summed E-state index contributed by atoms with van der Waals surface area (Å²) in [7, 11) is 0. The molecule has 4 atom stereocenters. The fraction of sp³-hybridized carbons (Fsp3) is 0.944. The Morgan fingerprint density at radius 3 is 2.43 bits per heavy atom. The van der Waals surface area contributed by atoms with Crippen LogP contribution in [0.25, 0.3) is 0 Å². The second-order valence-corrected chi connectivity index (χ2v) is 8.86. The molecular formula is C18H32N2O. The van der Waals surface area contributed by atoms with Crippen LogP contribution in [0.3, 0.4) is 0 Å². The van der Waals surface area contributed by atoms with E-state index in [0.717, 1.165) is 25.2 Å². The molecule has 1 saturated carbocycles. The number of nitrogens with one attached hydrogen (secondary N) is 2. The van der Waals surface area contributed by atoms with Crippen LogP contribution in [0.2, 0.25) is 0 Å². The van der Waals surface area contributed by atoms with Gasteiger partial charge in [-0.1, -0.05) is 20.8 Å². The van der Waals surface area contributed by atoms with Crippen molar-refractivity contribution < 1.29 is 4.79 Å². The number of fused-ring (bicyclic) bond motifs is 2. The lowest BCUT2D eigenvalue weighted by atomic mass is 9.67. The van der Waals surface area contributed by atoms with E-state index in [9.17, 15) is 4.79 Å². The molecule has 120 valence electrons. The average molecular weight is 292 g/mol. The van der Waals surface area contributed by atoms with E-state index in [2.05, 4.69) is 31.4 Å². The van der Waals surface area contributed by atoms with Crippen molar-refractivity contribution in [3.63, 3.8) is 0 Å². The maximum atomic E-state index is 12.4. The van der Waals surface area contributed by atoms with E-state index in [4.69, 9.17) is 0 Å². The van der Waals surface area contributed by atoms with Gasteiger partial charge in [0.15, 0.2) is 0 Å². The summed E-state index contributed by atoms with van der Waals surface area (Å²) >= 11 is 0. The molecule has 21 heavy (non-hydrogen) atoms. The number of carbonyl (C=O) groups is 1. The van der Waals surface area contributed by atoms with Crippen LogP contribution in [-0.2, 0) is 4.79 Å². The van der Waals surface area contributed by atoms with Gasteiger partial charge in [-0.25, -0.2) is 0 Å². The largest absolute Gasteiger partial charge is 0.353 e. The van der Waals surface area contributed by atoms with E-state index < -0.39 is 0 Å². The minimum Gasteiger partial charge on any atom is -0.353 e. The predicted molar refractivity (Wildman–Crippen MR) is 86.0 cm³/mol. The minimum atomic E-state index is 0.302. The van der Waals surface area contributed by atoms with Crippen LogP contribution in [0.5, 0.6) is 0 Å². The summed E-state index contributed by atoms with van der Waals surface area (Å²) in [5.41, 5.74) is 0.413. The molecule has 3 heteroatoms. The first-order valence-corrected chi connectivity index (χ1v) is 8.95. The molecule has 2 N–H and O–H groups in total. The molecule has 3 aliphatic rings. The van der Waals surface area contributed by atoms with Gasteiger partial charge < -0.3 is 10.6 Å². The second kappa shape index (κ2) is 5.91. The standard InChI is InChI=1S/C18H32N2O/c1-12-6-13(11-18(2,3)10-12)7-17(21)20-16-8-14-4-5-15(9-16)19-14/h12-16,19H,4-11H2,1-3H3,(H,20,21). The Balaban J connectivity index is 1.48. The predicted octanol–water partition coefficient (Wildman–Crippen LogP) is 3.24. The van der Waals surface area contributed by atoms with Gasteiger partial charge in [-0.2, -0.15) is 0 Å². The highest BCUT2D eigenvalue weighted by molar-refractivity contribution is 5.76. The van der Waals surface area contributed by atoms with Crippen LogP contribution in [0.1, 0.15) is 72.1 Å². The minimum absolute atomic E-state index is 0.302. The van der Waals surface area contributed by atoms with Gasteiger partial charge >= 0.3 is 0 Å². The summed E-state index contributed by atoms with van der Waals surface area (Å²) in [5.74, 6) is 1.65. The van der Waals surface area contributed by atoms with Gasteiger partial charge in [0, 0.05) is 24.5 Å². The molecule has 0 aromatic rings. The van der Waals surface area contributed by atoms with Crippen molar-refractivity contribution in [2.24, 2.45) is 17.3 Å². The number of carbonyl (C=O) groups excluding carboxylic acids is 1. The van der Waals surface area contributed by atoms with E-state index in [-0.39, 0.29) is 0 Å². The van der Waals surface area contributed by atoms with Crippen LogP contribution >= 0.6 is 0 Å². The van der Waals surface area contributed by atoms with Crippen molar-refractivity contribution in [3.05, 3.63) is 0 Å². The topological polar surface area (TPSA) is 41.1 Å². The number of amides is 1. The Kier molecular flexibility index (Phi) is 4.31. The third kappa shape index (κ3) is 4.00. The van der Waals surface area contributed by atoms with Crippen LogP contribution in [0, 0.1) is 17.3 Å². The quantitative estimate of drug-likeness (QED) is 0.838. The van der Waals surface area contributed by atoms with Gasteiger partial charge in [0.25, 0.3) is 0 Å². The van der Waals surface area contributed by atoms with E-state index in [0.29, 0.717) is 35.4 Å². The zero-order valence-electron chi connectivity index (χ0n) is 14.0. The van der Waals surface area contributed by atoms with Crippen molar-refractivity contribution in [1.29, 1.82) is 0 Å².